The van der Waals surface area contributed by atoms with E-state index in [9.17, 15) is 0 Å². The second kappa shape index (κ2) is 12.5. The molecule has 2 aliphatic carbocycles. The summed E-state index contributed by atoms with van der Waals surface area (Å²) in [5.74, 6) is 0.889. The molecular weight excluding hydrogens is 316 g/mol. The minimum atomic E-state index is 0.506. The minimum absolute atomic E-state index is 0.506. The van der Waals surface area contributed by atoms with Crippen molar-refractivity contribution in [3.05, 3.63) is 0 Å². The first kappa shape index (κ1) is 20.5. The lowest BCUT2D eigenvalue weighted by atomic mass is 9.98. The van der Waals surface area contributed by atoms with Gasteiger partial charge < -0.3 is 20.1 Å². The highest BCUT2D eigenvalue weighted by molar-refractivity contribution is 5.79. The van der Waals surface area contributed by atoms with E-state index in [1.807, 2.05) is 7.05 Å². The Morgan fingerprint density at radius 2 is 1.76 bits per heavy atom. The lowest BCUT2D eigenvalue weighted by Crippen LogP contribution is -2.43. The molecule has 0 bridgehead atoms. The molecule has 0 unspecified atom stereocenters. The van der Waals surface area contributed by atoms with Crippen LogP contribution in [0.5, 0.6) is 0 Å². The summed E-state index contributed by atoms with van der Waals surface area (Å²) in [6.45, 7) is 5.54. The van der Waals surface area contributed by atoms with E-state index in [1.54, 1.807) is 7.11 Å². The summed E-state index contributed by atoms with van der Waals surface area (Å²) in [4.78, 5) is 6.82. The number of rotatable bonds is 12. The fourth-order valence-corrected chi connectivity index (χ4v) is 3.42. The number of nitrogens with one attached hydrogen (secondary N) is 2. The van der Waals surface area contributed by atoms with Gasteiger partial charge in [0, 0.05) is 53.0 Å². The zero-order valence-electron chi connectivity index (χ0n) is 16.3. The van der Waals surface area contributed by atoms with Crippen LogP contribution in [-0.2, 0) is 9.47 Å². The summed E-state index contributed by atoms with van der Waals surface area (Å²) >= 11 is 0. The summed E-state index contributed by atoms with van der Waals surface area (Å²) in [6, 6.07) is 0.767. The smallest absolute Gasteiger partial charge is 0.191 e. The predicted octanol–water partition coefficient (Wildman–Crippen LogP) is 2.00. The maximum Gasteiger partial charge on any atom is 0.191 e. The average Bonchev–Trinajstić information content (AvgIpc) is 3.48. The van der Waals surface area contributed by atoms with E-state index in [2.05, 4.69) is 20.5 Å². The van der Waals surface area contributed by atoms with E-state index >= 15 is 0 Å². The Morgan fingerprint density at radius 1 is 1.00 bits per heavy atom. The van der Waals surface area contributed by atoms with Crippen molar-refractivity contribution in [2.45, 2.75) is 63.5 Å². The largest absolute Gasteiger partial charge is 0.383 e. The Labute approximate surface area is 153 Å². The number of hydrogen-bond acceptors (Lipinski definition) is 4. The lowest BCUT2D eigenvalue weighted by Gasteiger charge is -2.23. The summed E-state index contributed by atoms with van der Waals surface area (Å²) in [6.07, 6.45) is 10.7. The first-order valence-corrected chi connectivity index (χ1v) is 10.1. The Kier molecular flexibility index (Phi) is 10.2. The SMILES string of the molecule is CN=C(NCCCOC1CCCCC1)NCCN(CCOC)C1CC1. The van der Waals surface area contributed by atoms with Crippen LogP contribution < -0.4 is 10.6 Å². The van der Waals surface area contributed by atoms with Gasteiger partial charge >= 0.3 is 0 Å². The number of nitrogens with zero attached hydrogens (tertiary/aromatic N) is 2. The van der Waals surface area contributed by atoms with Gasteiger partial charge in [-0.3, -0.25) is 9.89 Å². The third-order valence-electron chi connectivity index (χ3n) is 5.08. The van der Waals surface area contributed by atoms with Crippen molar-refractivity contribution >= 4 is 5.96 Å². The van der Waals surface area contributed by atoms with Gasteiger partial charge in [-0.05, 0) is 32.1 Å². The van der Waals surface area contributed by atoms with Gasteiger partial charge in [0.1, 0.15) is 0 Å². The molecule has 2 rings (SSSR count). The van der Waals surface area contributed by atoms with Gasteiger partial charge in [0.05, 0.1) is 12.7 Å². The fraction of sp³-hybridized carbons (Fsp3) is 0.947. The van der Waals surface area contributed by atoms with Gasteiger partial charge in [-0.1, -0.05) is 19.3 Å². The third kappa shape index (κ3) is 8.88. The van der Waals surface area contributed by atoms with E-state index in [0.717, 1.165) is 57.8 Å². The zero-order valence-corrected chi connectivity index (χ0v) is 16.3. The highest BCUT2D eigenvalue weighted by Crippen LogP contribution is 2.26. The molecule has 2 saturated carbocycles. The molecule has 0 amide bonds. The standard InChI is InChI=1S/C19H38N4O2/c1-20-19(21-11-6-15-25-18-7-4-3-5-8-18)22-12-13-23(14-16-24-2)17-9-10-17/h17-18H,3-16H2,1-2H3,(H2,20,21,22). The molecule has 0 atom stereocenters. The Hall–Kier alpha value is -0.850. The Bertz CT molecular complexity index is 368. The first-order chi connectivity index (χ1) is 12.3. The van der Waals surface area contributed by atoms with Gasteiger partial charge in [-0.2, -0.15) is 0 Å². The Balaban J connectivity index is 1.49. The molecule has 25 heavy (non-hydrogen) atoms. The molecule has 2 N–H and O–H groups in total. The number of guanidine groups is 1. The van der Waals surface area contributed by atoms with Gasteiger partial charge in [0.15, 0.2) is 5.96 Å². The summed E-state index contributed by atoms with van der Waals surface area (Å²) in [7, 11) is 3.60. The van der Waals surface area contributed by atoms with Crippen LogP contribution in [0.2, 0.25) is 0 Å². The van der Waals surface area contributed by atoms with Crippen LogP contribution in [0.15, 0.2) is 4.99 Å². The third-order valence-corrected chi connectivity index (χ3v) is 5.08. The highest BCUT2D eigenvalue weighted by Gasteiger charge is 2.28. The molecule has 0 radical (unpaired) electrons. The first-order valence-electron chi connectivity index (χ1n) is 10.1. The van der Waals surface area contributed by atoms with E-state index in [-0.39, 0.29) is 0 Å². The molecule has 6 heteroatoms. The van der Waals surface area contributed by atoms with E-state index in [1.165, 1.54) is 44.9 Å². The van der Waals surface area contributed by atoms with Crippen LogP contribution in [-0.4, -0.2) is 76.6 Å². The minimum Gasteiger partial charge on any atom is -0.383 e. The Morgan fingerprint density at radius 3 is 2.44 bits per heavy atom. The van der Waals surface area contributed by atoms with Gasteiger partial charge in [0.25, 0.3) is 0 Å². The van der Waals surface area contributed by atoms with Crippen LogP contribution in [0.3, 0.4) is 0 Å². The lowest BCUT2D eigenvalue weighted by molar-refractivity contribution is 0.0277. The van der Waals surface area contributed by atoms with Crippen molar-refractivity contribution in [1.29, 1.82) is 0 Å². The van der Waals surface area contributed by atoms with E-state index in [4.69, 9.17) is 9.47 Å². The molecule has 0 aromatic carbocycles. The van der Waals surface area contributed by atoms with E-state index < -0.39 is 0 Å². The van der Waals surface area contributed by atoms with Crippen molar-refractivity contribution in [3.8, 4) is 0 Å². The van der Waals surface area contributed by atoms with Crippen molar-refractivity contribution in [2.75, 3.05) is 53.6 Å². The molecule has 0 aromatic heterocycles. The second-order valence-electron chi connectivity index (χ2n) is 7.17. The highest BCUT2D eigenvalue weighted by atomic mass is 16.5. The van der Waals surface area contributed by atoms with Crippen molar-refractivity contribution in [1.82, 2.24) is 15.5 Å². The number of ether oxygens (including phenoxy) is 2. The number of hydrogen-bond donors (Lipinski definition) is 2. The van der Waals surface area contributed by atoms with Crippen molar-refractivity contribution in [2.24, 2.45) is 4.99 Å². The van der Waals surface area contributed by atoms with Crippen molar-refractivity contribution < 1.29 is 9.47 Å². The summed E-state index contributed by atoms with van der Waals surface area (Å²) in [5, 5.41) is 6.80. The monoisotopic (exact) mass is 354 g/mol. The molecule has 0 heterocycles. The van der Waals surface area contributed by atoms with Crippen LogP contribution in [0, 0.1) is 0 Å². The van der Waals surface area contributed by atoms with Crippen LogP contribution >= 0.6 is 0 Å². The maximum absolute atomic E-state index is 5.96. The van der Waals surface area contributed by atoms with Gasteiger partial charge in [-0.25, -0.2) is 0 Å². The van der Waals surface area contributed by atoms with Crippen LogP contribution in [0.1, 0.15) is 51.4 Å². The molecule has 2 aliphatic rings. The molecule has 0 spiro atoms. The summed E-state index contributed by atoms with van der Waals surface area (Å²) in [5.41, 5.74) is 0. The summed E-state index contributed by atoms with van der Waals surface area (Å²) < 4.78 is 11.2. The molecule has 0 saturated heterocycles. The molecule has 0 aromatic rings. The molecule has 2 fully saturated rings. The predicted molar refractivity (Wildman–Crippen MR) is 103 cm³/mol. The molecule has 0 aliphatic heterocycles. The van der Waals surface area contributed by atoms with E-state index in [0.29, 0.717) is 6.10 Å². The zero-order chi connectivity index (χ0) is 17.7. The quantitative estimate of drug-likeness (QED) is 0.319. The normalized spacial score (nSPS) is 19.4. The van der Waals surface area contributed by atoms with Gasteiger partial charge in [-0.15, -0.1) is 0 Å². The molecule has 146 valence electrons. The maximum atomic E-state index is 5.96. The fourth-order valence-electron chi connectivity index (χ4n) is 3.42. The average molecular weight is 355 g/mol. The van der Waals surface area contributed by atoms with Crippen molar-refractivity contribution in [3.63, 3.8) is 0 Å². The number of aliphatic imine (C=N–C) groups is 1. The molecule has 6 nitrogen and oxygen atoms in total. The topological polar surface area (TPSA) is 58.1 Å². The van der Waals surface area contributed by atoms with Crippen LogP contribution in [0.4, 0.5) is 0 Å². The van der Waals surface area contributed by atoms with Gasteiger partial charge in [0.2, 0.25) is 0 Å². The second-order valence-corrected chi connectivity index (χ2v) is 7.17. The number of methoxy groups -OCH3 is 1. The molecular formula is C19H38N4O2. The van der Waals surface area contributed by atoms with Crippen LogP contribution in [0.25, 0.3) is 0 Å².